The first-order chi connectivity index (χ1) is 11.5. The Balaban J connectivity index is 1.64. The number of carbonyl (C=O) groups is 1. The topological polar surface area (TPSA) is 56.7 Å². The number of hydrogen-bond acceptors (Lipinski definition) is 5. The smallest absolute Gasteiger partial charge is 0.257 e. The Morgan fingerprint density at radius 1 is 1.29 bits per heavy atom. The van der Waals surface area contributed by atoms with Crippen LogP contribution in [-0.2, 0) is 6.54 Å². The van der Waals surface area contributed by atoms with Crippen LogP contribution in [0.2, 0.25) is 0 Å². The van der Waals surface area contributed by atoms with E-state index < -0.39 is 0 Å². The quantitative estimate of drug-likeness (QED) is 0.926. The van der Waals surface area contributed by atoms with Gasteiger partial charge in [-0.1, -0.05) is 19.9 Å². The van der Waals surface area contributed by atoms with Crippen molar-refractivity contribution in [3.63, 3.8) is 0 Å². The average Bonchev–Trinajstić information content (AvgIpc) is 3.08. The molecule has 6 heteroatoms. The molecular formula is C18H23N3O2S. The molecule has 1 saturated heterocycles. The highest BCUT2D eigenvalue weighted by molar-refractivity contribution is 7.07. The summed E-state index contributed by atoms with van der Waals surface area (Å²) in [5.74, 6) is 0.310. The molecular weight excluding hydrogens is 322 g/mol. The van der Waals surface area contributed by atoms with Crippen molar-refractivity contribution in [2.75, 3.05) is 26.2 Å². The predicted molar refractivity (Wildman–Crippen MR) is 95.5 cm³/mol. The predicted octanol–water partition coefficient (Wildman–Crippen LogP) is 2.93. The van der Waals surface area contributed by atoms with Gasteiger partial charge >= 0.3 is 0 Å². The van der Waals surface area contributed by atoms with E-state index in [4.69, 9.17) is 0 Å². The van der Waals surface area contributed by atoms with E-state index in [9.17, 15) is 9.90 Å². The van der Waals surface area contributed by atoms with Crippen LogP contribution < -0.4 is 0 Å². The highest BCUT2D eigenvalue weighted by Gasteiger charge is 2.24. The van der Waals surface area contributed by atoms with Gasteiger partial charge in [0.15, 0.2) is 0 Å². The number of aromatic nitrogens is 1. The van der Waals surface area contributed by atoms with Crippen LogP contribution in [0.1, 0.15) is 41.4 Å². The van der Waals surface area contributed by atoms with Crippen LogP contribution in [0.15, 0.2) is 29.1 Å². The molecule has 1 aromatic heterocycles. The van der Waals surface area contributed by atoms with Gasteiger partial charge in [0.05, 0.1) is 16.8 Å². The zero-order valence-corrected chi connectivity index (χ0v) is 14.9. The van der Waals surface area contributed by atoms with Gasteiger partial charge in [0.25, 0.3) is 5.91 Å². The third kappa shape index (κ3) is 3.76. The molecule has 0 spiro atoms. The van der Waals surface area contributed by atoms with E-state index in [0.29, 0.717) is 24.6 Å². The lowest BCUT2D eigenvalue weighted by molar-refractivity contribution is 0.0624. The molecule has 1 N–H and O–H groups in total. The van der Waals surface area contributed by atoms with Crippen molar-refractivity contribution < 1.29 is 9.90 Å². The molecule has 1 fully saturated rings. The number of amides is 1. The summed E-state index contributed by atoms with van der Waals surface area (Å²) in [5.41, 5.74) is 4.41. The van der Waals surface area contributed by atoms with E-state index in [1.165, 1.54) is 0 Å². The zero-order valence-electron chi connectivity index (χ0n) is 14.1. The molecule has 2 heterocycles. The fraction of sp³-hybridized carbons (Fsp3) is 0.444. The average molecular weight is 345 g/mol. The maximum atomic E-state index is 12.8. The van der Waals surface area contributed by atoms with Gasteiger partial charge in [-0.3, -0.25) is 9.69 Å². The van der Waals surface area contributed by atoms with Crippen LogP contribution in [0, 0.1) is 0 Å². The Bertz CT molecular complexity index is 692. The lowest BCUT2D eigenvalue weighted by Gasteiger charge is -2.34. The van der Waals surface area contributed by atoms with Crippen molar-refractivity contribution in [3.05, 3.63) is 45.9 Å². The number of benzene rings is 1. The van der Waals surface area contributed by atoms with Gasteiger partial charge in [0.2, 0.25) is 0 Å². The summed E-state index contributed by atoms with van der Waals surface area (Å²) in [6.07, 6.45) is 0. The number of phenols is 1. The zero-order chi connectivity index (χ0) is 17.1. The first-order valence-electron chi connectivity index (χ1n) is 8.26. The largest absolute Gasteiger partial charge is 0.507 e. The molecule has 1 aliphatic heterocycles. The SMILES string of the molecule is CC(C)c1ccc(O)c(C(=O)N2CCN(Cc3cscn3)CC2)c1. The van der Waals surface area contributed by atoms with E-state index in [1.807, 2.05) is 22.5 Å². The Morgan fingerprint density at radius 2 is 2.04 bits per heavy atom. The van der Waals surface area contributed by atoms with Crippen molar-refractivity contribution in [3.8, 4) is 5.75 Å². The Kier molecular flexibility index (Phi) is 5.16. The number of aromatic hydroxyl groups is 1. The van der Waals surface area contributed by atoms with Crippen molar-refractivity contribution in [1.29, 1.82) is 0 Å². The second kappa shape index (κ2) is 7.32. The molecule has 0 atom stereocenters. The lowest BCUT2D eigenvalue weighted by atomic mass is 9.99. The molecule has 0 saturated carbocycles. The fourth-order valence-corrected chi connectivity index (χ4v) is 3.46. The molecule has 1 aromatic carbocycles. The van der Waals surface area contributed by atoms with Crippen molar-refractivity contribution in [2.24, 2.45) is 0 Å². The molecule has 3 rings (SSSR count). The lowest BCUT2D eigenvalue weighted by Crippen LogP contribution is -2.48. The minimum absolute atomic E-state index is 0.0642. The number of phenolic OH excluding ortho intramolecular Hbond substituents is 1. The van der Waals surface area contributed by atoms with E-state index in [0.717, 1.165) is 30.9 Å². The second-order valence-electron chi connectivity index (χ2n) is 6.48. The summed E-state index contributed by atoms with van der Waals surface area (Å²) in [4.78, 5) is 21.2. The Hall–Kier alpha value is -1.92. The monoisotopic (exact) mass is 345 g/mol. The van der Waals surface area contributed by atoms with Gasteiger partial charge in [-0.2, -0.15) is 0 Å². The maximum Gasteiger partial charge on any atom is 0.257 e. The molecule has 0 unspecified atom stereocenters. The number of hydrogen-bond donors (Lipinski definition) is 1. The molecule has 128 valence electrons. The molecule has 5 nitrogen and oxygen atoms in total. The van der Waals surface area contributed by atoms with Gasteiger partial charge in [-0.15, -0.1) is 11.3 Å². The fourth-order valence-electron chi connectivity index (χ4n) is 2.91. The van der Waals surface area contributed by atoms with Gasteiger partial charge in [-0.05, 0) is 23.6 Å². The van der Waals surface area contributed by atoms with Crippen molar-refractivity contribution in [1.82, 2.24) is 14.8 Å². The van der Waals surface area contributed by atoms with Crippen LogP contribution in [-0.4, -0.2) is 52.0 Å². The minimum atomic E-state index is -0.0803. The van der Waals surface area contributed by atoms with E-state index in [2.05, 4.69) is 29.1 Å². The van der Waals surface area contributed by atoms with Gasteiger partial charge in [0, 0.05) is 38.1 Å². The van der Waals surface area contributed by atoms with E-state index in [1.54, 1.807) is 17.4 Å². The summed E-state index contributed by atoms with van der Waals surface area (Å²) in [6.45, 7) is 8.00. The molecule has 0 aliphatic carbocycles. The molecule has 0 bridgehead atoms. The Labute approximate surface area is 146 Å². The van der Waals surface area contributed by atoms with E-state index >= 15 is 0 Å². The number of carbonyl (C=O) groups excluding carboxylic acids is 1. The van der Waals surface area contributed by atoms with Crippen LogP contribution in [0.4, 0.5) is 0 Å². The number of rotatable bonds is 4. The van der Waals surface area contributed by atoms with E-state index in [-0.39, 0.29) is 11.7 Å². The summed E-state index contributed by atoms with van der Waals surface area (Å²) in [7, 11) is 0. The molecule has 1 aliphatic rings. The van der Waals surface area contributed by atoms with Gasteiger partial charge in [0.1, 0.15) is 5.75 Å². The molecule has 1 amide bonds. The highest BCUT2D eigenvalue weighted by atomic mass is 32.1. The van der Waals surface area contributed by atoms with Crippen LogP contribution in [0.3, 0.4) is 0 Å². The molecule has 0 radical (unpaired) electrons. The maximum absolute atomic E-state index is 12.8. The third-order valence-electron chi connectivity index (χ3n) is 4.45. The molecule has 24 heavy (non-hydrogen) atoms. The minimum Gasteiger partial charge on any atom is -0.507 e. The van der Waals surface area contributed by atoms with Gasteiger partial charge in [-0.25, -0.2) is 4.98 Å². The number of thiazole rings is 1. The normalized spacial score (nSPS) is 15.9. The highest BCUT2D eigenvalue weighted by Crippen LogP contribution is 2.25. The summed E-state index contributed by atoms with van der Waals surface area (Å²) >= 11 is 1.61. The van der Waals surface area contributed by atoms with Crippen molar-refractivity contribution >= 4 is 17.2 Å². The first kappa shape index (κ1) is 16.9. The van der Waals surface area contributed by atoms with Gasteiger partial charge < -0.3 is 10.0 Å². The van der Waals surface area contributed by atoms with Crippen molar-refractivity contribution in [2.45, 2.75) is 26.3 Å². The number of nitrogens with zero attached hydrogens (tertiary/aromatic N) is 3. The molecule has 2 aromatic rings. The second-order valence-corrected chi connectivity index (χ2v) is 7.20. The van der Waals surface area contributed by atoms with Crippen LogP contribution in [0.5, 0.6) is 5.75 Å². The Morgan fingerprint density at radius 3 is 2.67 bits per heavy atom. The third-order valence-corrected chi connectivity index (χ3v) is 5.08. The standard InChI is InChI=1S/C18H23N3O2S/c1-13(2)14-3-4-17(22)16(9-14)18(23)21-7-5-20(6-8-21)10-15-11-24-12-19-15/h3-4,9,11-13,22H,5-8,10H2,1-2H3. The summed E-state index contributed by atoms with van der Waals surface area (Å²) in [5, 5.41) is 12.1. The van der Waals surface area contributed by atoms with Crippen LogP contribution in [0.25, 0.3) is 0 Å². The summed E-state index contributed by atoms with van der Waals surface area (Å²) in [6, 6.07) is 5.33. The summed E-state index contributed by atoms with van der Waals surface area (Å²) < 4.78 is 0. The number of piperazine rings is 1. The van der Waals surface area contributed by atoms with Crippen LogP contribution >= 0.6 is 11.3 Å². The first-order valence-corrected chi connectivity index (χ1v) is 9.20.